The summed E-state index contributed by atoms with van der Waals surface area (Å²) in [6.07, 6.45) is 3.83. The summed E-state index contributed by atoms with van der Waals surface area (Å²) < 4.78 is 0. The molecular formula is C25H31N5. The zero-order valence-corrected chi connectivity index (χ0v) is 18.6. The summed E-state index contributed by atoms with van der Waals surface area (Å²) in [5.74, 6) is 1.67. The van der Waals surface area contributed by atoms with E-state index in [1.54, 1.807) is 6.20 Å². The fraction of sp³-hybridized carbons (Fsp3) is 0.360. The summed E-state index contributed by atoms with van der Waals surface area (Å²) in [4.78, 5) is 4.55. The van der Waals surface area contributed by atoms with Crippen LogP contribution in [0.4, 0.5) is 5.95 Å². The summed E-state index contributed by atoms with van der Waals surface area (Å²) in [6.45, 7) is 10.9. The first-order valence-electron chi connectivity index (χ1n) is 10.6. The molecule has 2 aromatic carbocycles. The van der Waals surface area contributed by atoms with Crippen LogP contribution < -0.4 is 5.43 Å². The average Bonchev–Trinajstić information content (AvgIpc) is 2.72. The Morgan fingerprint density at radius 1 is 0.867 bits per heavy atom. The maximum absolute atomic E-state index is 4.55. The highest BCUT2D eigenvalue weighted by Gasteiger charge is 2.05. The molecule has 3 rings (SSSR count). The summed E-state index contributed by atoms with van der Waals surface area (Å²) in [5, 5.41) is 12.6. The topological polar surface area (TPSA) is 63.1 Å². The molecule has 0 aliphatic rings. The first-order valence-corrected chi connectivity index (χ1v) is 10.6. The summed E-state index contributed by atoms with van der Waals surface area (Å²) in [5.41, 5.74) is 9.34. The minimum absolute atomic E-state index is 0.384. The van der Waals surface area contributed by atoms with Crippen LogP contribution >= 0.6 is 0 Å². The lowest BCUT2D eigenvalue weighted by Crippen LogP contribution is -2.04. The highest BCUT2D eigenvalue weighted by molar-refractivity contribution is 5.99. The lowest BCUT2D eigenvalue weighted by atomic mass is 10.0. The number of hydrogen-bond acceptors (Lipinski definition) is 5. The molecule has 0 radical (unpaired) electrons. The van der Waals surface area contributed by atoms with Crippen molar-refractivity contribution < 1.29 is 0 Å². The van der Waals surface area contributed by atoms with Crippen LogP contribution in [0.2, 0.25) is 0 Å². The van der Waals surface area contributed by atoms with Gasteiger partial charge in [0.05, 0.1) is 17.6 Å². The van der Waals surface area contributed by atoms with Gasteiger partial charge in [0, 0.05) is 5.56 Å². The smallest absolute Gasteiger partial charge is 0.244 e. The molecule has 0 amide bonds. The van der Waals surface area contributed by atoms with Crippen LogP contribution in [-0.2, 0) is 12.8 Å². The van der Waals surface area contributed by atoms with Gasteiger partial charge in [-0.2, -0.15) is 10.2 Å². The van der Waals surface area contributed by atoms with E-state index in [2.05, 4.69) is 102 Å². The Balaban J connectivity index is 1.68. The number of hydrazone groups is 1. The summed E-state index contributed by atoms with van der Waals surface area (Å²) >= 11 is 0. The molecule has 0 aliphatic carbocycles. The van der Waals surface area contributed by atoms with E-state index in [4.69, 9.17) is 0 Å². The monoisotopic (exact) mass is 401 g/mol. The van der Waals surface area contributed by atoms with E-state index in [0.717, 1.165) is 35.4 Å². The SMILES string of the molecule is C/C(=N\Nc1nncc(-c2ccc(CC(C)C)cc2)n1)c1ccc(CC(C)C)cc1. The number of benzene rings is 2. The molecule has 1 heterocycles. The predicted molar refractivity (Wildman–Crippen MR) is 125 cm³/mol. The number of aromatic nitrogens is 3. The van der Waals surface area contributed by atoms with E-state index >= 15 is 0 Å². The van der Waals surface area contributed by atoms with Gasteiger partial charge in [0.2, 0.25) is 0 Å². The van der Waals surface area contributed by atoms with E-state index in [0.29, 0.717) is 17.8 Å². The van der Waals surface area contributed by atoms with Gasteiger partial charge in [0.25, 0.3) is 5.95 Å². The van der Waals surface area contributed by atoms with Crippen LogP contribution in [0.3, 0.4) is 0 Å². The molecule has 1 aromatic heterocycles. The van der Waals surface area contributed by atoms with E-state index in [1.165, 1.54) is 11.1 Å². The fourth-order valence-electron chi connectivity index (χ4n) is 3.32. The molecule has 5 nitrogen and oxygen atoms in total. The summed E-state index contributed by atoms with van der Waals surface area (Å²) in [6, 6.07) is 17.0. The number of anilines is 1. The highest BCUT2D eigenvalue weighted by atomic mass is 15.4. The molecule has 3 aromatic rings. The zero-order chi connectivity index (χ0) is 21.5. The van der Waals surface area contributed by atoms with Crippen LogP contribution in [0.25, 0.3) is 11.3 Å². The second kappa shape index (κ2) is 10.1. The predicted octanol–water partition coefficient (Wildman–Crippen LogP) is 5.77. The Hall–Kier alpha value is -3.08. The number of nitrogens with one attached hydrogen (secondary N) is 1. The van der Waals surface area contributed by atoms with Gasteiger partial charge in [0.15, 0.2) is 0 Å². The number of rotatable bonds is 8. The molecule has 5 heteroatoms. The van der Waals surface area contributed by atoms with Crippen LogP contribution in [0, 0.1) is 11.8 Å². The maximum Gasteiger partial charge on any atom is 0.263 e. The third kappa shape index (κ3) is 6.21. The molecule has 0 atom stereocenters. The molecule has 0 saturated heterocycles. The maximum atomic E-state index is 4.55. The molecule has 156 valence electrons. The fourth-order valence-corrected chi connectivity index (χ4v) is 3.32. The summed E-state index contributed by atoms with van der Waals surface area (Å²) in [7, 11) is 0. The second-order valence-electron chi connectivity index (χ2n) is 8.56. The van der Waals surface area contributed by atoms with Crippen molar-refractivity contribution in [1.82, 2.24) is 15.2 Å². The van der Waals surface area contributed by atoms with Crippen molar-refractivity contribution in [3.05, 3.63) is 71.4 Å². The average molecular weight is 402 g/mol. The molecule has 0 saturated carbocycles. The normalized spacial score (nSPS) is 11.9. The van der Waals surface area contributed by atoms with E-state index in [-0.39, 0.29) is 0 Å². The van der Waals surface area contributed by atoms with Crippen LogP contribution in [0.1, 0.15) is 51.3 Å². The molecule has 1 N–H and O–H groups in total. The largest absolute Gasteiger partial charge is 0.263 e. The Morgan fingerprint density at radius 2 is 1.43 bits per heavy atom. The van der Waals surface area contributed by atoms with Crippen molar-refractivity contribution in [2.75, 3.05) is 5.43 Å². The van der Waals surface area contributed by atoms with Crippen molar-refractivity contribution in [2.45, 2.75) is 47.5 Å². The van der Waals surface area contributed by atoms with E-state index < -0.39 is 0 Å². The Morgan fingerprint density at radius 3 is 2.00 bits per heavy atom. The lowest BCUT2D eigenvalue weighted by molar-refractivity contribution is 0.647. The minimum atomic E-state index is 0.384. The van der Waals surface area contributed by atoms with Crippen LogP contribution in [0.15, 0.2) is 59.8 Å². The van der Waals surface area contributed by atoms with Crippen molar-refractivity contribution >= 4 is 11.7 Å². The van der Waals surface area contributed by atoms with E-state index in [9.17, 15) is 0 Å². The van der Waals surface area contributed by atoms with Gasteiger partial charge in [0.1, 0.15) is 0 Å². The van der Waals surface area contributed by atoms with Gasteiger partial charge >= 0.3 is 0 Å². The van der Waals surface area contributed by atoms with Gasteiger partial charge in [-0.1, -0.05) is 76.2 Å². The Bertz CT molecular complexity index is 973. The van der Waals surface area contributed by atoms with Gasteiger partial charge in [-0.05, 0) is 48.3 Å². The quantitative estimate of drug-likeness (QED) is 0.384. The van der Waals surface area contributed by atoms with Crippen molar-refractivity contribution in [2.24, 2.45) is 16.9 Å². The molecule has 0 bridgehead atoms. The highest BCUT2D eigenvalue weighted by Crippen LogP contribution is 2.19. The Labute approximate surface area is 179 Å². The number of nitrogens with zero attached hydrogens (tertiary/aromatic N) is 4. The van der Waals surface area contributed by atoms with Crippen molar-refractivity contribution in [3.8, 4) is 11.3 Å². The van der Waals surface area contributed by atoms with E-state index in [1.807, 2.05) is 6.92 Å². The molecule has 0 aliphatic heterocycles. The third-order valence-corrected chi connectivity index (χ3v) is 4.79. The molecular weight excluding hydrogens is 370 g/mol. The second-order valence-corrected chi connectivity index (χ2v) is 8.56. The first-order chi connectivity index (χ1) is 14.4. The molecule has 30 heavy (non-hydrogen) atoms. The lowest BCUT2D eigenvalue weighted by Gasteiger charge is -2.08. The van der Waals surface area contributed by atoms with Crippen molar-refractivity contribution in [1.29, 1.82) is 0 Å². The van der Waals surface area contributed by atoms with Crippen LogP contribution in [0.5, 0.6) is 0 Å². The molecule has 0 spiro atoms. The Kier molecular flexibility index (Phi) is 7.28. The molecule has 0 unspecified atom stereocenters. The minimum Gasteiger partial charge on any atom is -0.244 e. The van der Waals surface area contributed by atoms with Crippen LogP contribution in [-0.4, -0.2) is 20.9 Å². The first kappa shape index (κ1) is 21.6. The van der Waals surface area contributed by atoms with Gasteiger partial charge in [-0.15, -0.1) is 5.10 Å². The van der Waals surface area contributed by atoms with Crippen molar-refractivity contribution in [3.63, 3.8) is 0 Å². The van der Waals surface area contributed by atoms with Gasteiger partial charge < -0.3 is 0 Å². The third-order valence-electron chi connectivity index (χ3n) is 4.79. The van der Waals surface area contributed by atoms with Gasteiger partial charge in [-0.3, -0.25) is 0 Å². The van der Waals surface area contributed by atoms with Gasteiger partial charge in [-0.25, -0.2) is 10.4 Å². The standard InChI is InChI=1S/C25H31N5/c1-17(2)14-20-6-10-22(11-7-20)19(5)28-30-25-27-24(16-26-29-25)23-12-8-21(9-13-23)15-18(3)4/h6-13,16-18H,14-15H2,1-5H3,(H,27,29,30)/b28-19+. The zero-order valence-electron chi connectivity index (χ0n) is 18.6. The number of hydrogen-bond donors (Lipinski definition) is 1. The molecule has 0 fully saturated rings.